The molecule has 86 valence electrons. The Morgan fingerprint density at radius 1 is 1.29 bits per heavy atom. The third-order valence-corrected chi connectivity index (χ3v) is 1.84. The van der Waals surface area contributed by atoms with Crippen molar-refractivity contribution in [1.29, 1.82) is 5.26 Å². The van der Waals surface area contributed by atoms with Gasteiger partial charge in [0.05, 0.1) is 5.56 Å². The summed E-state index contributed by atoms with van der Waals surface area (Å²) >= 11 is 4.67. The van der Waals surface area contributed by atoms with Crippen molar-refractivity contribution in [1.82, 2.24) is 5.32 Å². The minimum Gasteiger partial charge on any atom is -1.00 e. The molecule has 17 heavy (non-hydrogen) atoms. The van der Waals surface area contributed by atoms with Gasteiger partial charge in [-0.2, -0.15) is 18.4 Å². The Kier molecular flexibility index (Phi) is 6.49. The van der Waals surface area contributed by atoms with E-state index in [0.29, 0.717) is 5.69 Å². The molecule has 3 nitrogen and oxygen atoms in total. The molecule has 0 spiro atoms. The van der Waals surface area contributed by atoms with Crippen molar-refractivity contribution in [3.05, 3.63) is 29.8 Å². The van der Waals surface area contributed by atoms with Crippen molar-refractivity contribution in [3.63, 3.8) is 0 Å². The average Bonchev–Trinajstić information content (AvgIpc) is 2.17. The number of anilines is 1. The van der Waals surface area contributed by atoms with Gasteiger partial charge in [-0.25, -0.2) is 0 Å². The van der Waals surface area contributed by atoms with Gasteiger partial charge in [-0.3, -0.25) is 5.32 Å². The molecule has 0 aromatic heterocycles. The molecule has 0 bridgehead atoms. The first-order chi connectivity index (χ1) is 7.43. The predicted octanol–water partition coefficient (Wildman–Crippen LogP) is -0.411. The van der Waals surface area contributed by atoms with E-state index in [9.17, 15) is 13.2 Å². The molecule has 0 amide bonds. The molecule has 0 aliphatic heterocycles. The smallest absolute Gasteiger partial charge is 1.00 e. The number of nitrogens with one attached hydrogen (secondary N) is 2. The molecule has 0 heterocycles. The molecule has 0 saturated heterocycles. The Labute approximate surface area is 125 Å². The standard InChI is InChI=1S/C9H6F3N3S.Na.H/c10-9(11,12)6-1-3-7(4-2-6)15-8(16)14-5-13;;/h1-4H,(H2,14,15,16);;/q;+1;-1. The van der Waals surface area contributed by atoms with E-state index in [4.69, 9.17) is 5.26 Å². The number of thiocarbonyl (C=S) groups is 1. The Morgan fingerprint density at radius 2 is 1.82 bits per heavy atom. The first kappa shape index (κ1) is 16.2. The van der Waals surface area contributed by atoms with E-state index in [-0.39, 0.29) is 36.1 Å². The maximum atomic E-state index is 12.2. The minimum absolute atomic E-state index is 0. The van der Waals surface area contributed by atoms with Gasteiger partial charge in [0.15, 0.2) is 11.3 Å². The van der Waals surface area contributed by atoms with Gasteiger partial charge in [0.1, 0.15) is 0 Å². The van der Waals surface area contributed by atoms with Crippen LogP contribution in [0, 0.1) is 11.5 Å². The van der Waals surface area contributed by atoms with E-state index >= 15 is 0 Å². The zero-order valence-electron chi connectivity index (χ0n) is 9.80. The number of nitrogens with zero attached hydrogens (tertiary/aromatic N) is 1. The third kappa shape index (κ3) is 5.37. The topological polar surface area (TPSA) is 47.9 Å². The SMILES string of the molecule is N#CNC(=S)Nc1ccc(C(F)(F)F)cc1.[H-].[Na+]. The third-order valence-electron chi connectivity index (χ3n) is 1.64. The van der Waals surface area contributed by atoms with E-state index in [0.717, 1.165) is 12.1 Å². The molecule has 1 aromatic carbocycles. The van der Waals surface area contributed by atoms with Crippen LogP contribution in [0.15, 0.2) is 24.3 Å². The van der Waals surface area contributed by atoms with E-state index in [1.54, 1.807) is 6.19 Å². The summed E-state index contributed by atoms with van der Waals surface area (Å²) in [4.78, 5) is 0. The molecule has 0 atom stereocenters. The summed E-state index contributed by atoms with van der Waals surface area (Å²) in [5.74, 6) is 0. The number of halogens is 3. The van der Waals surface area contributed by atoms with Crippen LogP contribution in [0.2, 0.25) is 0 Å². The zero-order valence-corrected chi connectivity index (χ0v) is 11.6. The van der Waals surface area contributed by atoms with Gasteiger partial charge in [0.2, 0.25) is 0 Å². The number of nitriles is 1. The first-order valence-corrected chi connectivity index (χ1v) is 4.47. The molecule has 1 rings (SSSR count). The van der Waals surface area contributed by atoms with Crippen molar-refractivity contribution in [2.75, 3.05) is 5.32 Å². The molecule has 0 aliphatic rings. The normalized spacial score (nSPS) is 9.76. The summed E-state index contributed by atoms with van der Waals surface area (Å²) in [6, 6.07) is 4.32. The van der Waals surface area contributed by atoms with E-state index in [1.807, 2.05) is 0 Å². The van der Waals surface area contributed by atoms with Crippen LogP contribution < -0.4 is 40.2 Å². The monoisotopic (exact) mass is 269 g/mol. The second-order valence-corrected chi connectivity index (χ2v) is 3.17. The Bertz CT molecular complexity index is 430. The zero-order chi connectivity index (χ0) is 12.2. The fraction of sp³-hybridized carbons (Fsp3) is 0.111. The number of alkyl halides is 3. The second kappa shape index (κ2) is 6.81. The number of benzene rings is 1. The molecule has 2 N–H and O–H groups in total. The van der Waals surface area contributed by atoms with Gasteiger partial charge in [-0.05, 0) is 36.5 Å². The van der Waals surface area contributed by atoms with Gasteiger partial charge in [0, 0.05) is 5.69 Å². The van der Waals surface area contributed by atoms with Crippen LogP contribution in [0.25, 0.3) is 0 Å². The Hall–Kier alpha value is -0.810. The summed E-state index contributed by atoms with van der Waals surface area (Å²) in [5, 5.41) is 13.0. The van der Waals surface area contributed by atoms with Crippen LogP contribution in [0.3, 0.4) is 0 Å². The maximum absolute atomic E-state index is 12.2. The summed E-state index contributed by atoms with van der Waals surface area (Å²) in [7, 11) is 0. The van der Waals surface area contributed by atoms with Crippen LogP contribution in [0.4, 0.5) is 18.9 Å². The Morgan fingerprint density at radius 3 is 2.24 bits per heavy atom. The van der Waals surface area contributed by atoms with E-state index < -0.39 is 11.7 Å². The van der Waals surface area contributed by atoms with Crippen molar-refractivity contribution >= 4 is 23.0 Å². The van der Waals surface area contributed by atoms with Crippen LogP contribution in [-0.2, 0) is 6.18 Å². The van der Waals surface area contributed by atoms with Crippen LogP contribution in [0.5, 0.6) is 0 Å². The van der Waals surface area contributed by atoms with Crippen molar-refractivity contribution in [3.8, 4) is 6.19 Å². The molecule has 0 fully saturated rings. The van der Waals surface area contributed by atoms with Crippen LogP contribution >= 0.6 is 12.2 Å². The van der Waals surface area contributed by atoms with Gasteiger partial charge in [-0.15, -0.1) is 0 Å². The number of hydrogen-bond donors (Lipinski definition) is 2. The van der Waals surface area contributed by atoms with E-state index in [1.165, 1.54) is 12.1 Å². The molecule has 0 unspecified atom stereocenters. The fourth-order valence-corrected chi connectivity index (χ4v) is 1.12. The van der Waals surface area contributed by atoms with Gasteiger partial charge >= 0.3 is 35.7 Å². The molecule has 0 aliphatic carbocycles. The predicted molar refractivity (Wildman–Crippen MR) is 57.5 cm³/mol. The molecule has 1 aromatic rings. The Balaban J connectivity index is 0. The van der Waals surface area contributed by atoms with Crippen molar-refractivity contribution in [2.24, 2.45) is 0 Å². The van der Waals surface area contributed by atoms with Gasteiger partial charge in [0.25, 0.3) is 0 Å². The van der Waals surface area contributed by atoms with Gasteiger partial charge in [-0.1, -0.05) is 0 Å². The second-order valence-electron chi connectivity index (χ2n) is 2.77. The fourth-order valence-electron chi connectivity index (χ4n) is 0.956. The maximum Gasteiger partial charge on any atom is 1.00 e. The summed E-state index contributed by atoms with van der Waals surface area (Å²) < 4.78 is 36.6. The summed E-state index contributed by atoms with van der Waals surface area (Å²) in [5.41, 5.74) is -0.363. The quantitative estimate of drug-likeness (QED) is 0.315. The van der Waals surface area contributed by atoms with Crippen LogP contribution in [-0.4, -0.2) is 5.11 Å². The average molecular weight is 269 g/mol. The van der Waals surface area contributed by atoms with Gasteiger partial charge < -0.3 is 6.74 Å². The summed E-state index contributed by atoms with van der Waals surface area (Å²) in [6.45, 7) is 0. The first-order valence-electron chi connectivity index (χ1n) is 4.07. The number of rotatable bonds is 1. The molecule has 0 saturated carbocycles. The van der Waals surface area contributed by atoms with Crippen molar-refractivity contribution < 1.29 is 44.2 Å². The largest absolute Gasteiger partial charge is 1.00 e. The number of hydrogen-bond acceptors (Lipinski definition) is 2. The molecular formula is C9H7F3N3NaS. The minimum atomic E-state index is -4.36. The molecular weight excluding hydrogens is 262 g/mol. The van der Waals surface area contributed by atoms with Crippen LogP contribution in [0.1, 0.15) is 6.99 Å². The summed E-state index contributed by atoms with van der Waals surface area (Å²) in [6.07, 6.45) is -2.77. The molecule has 8 heteroatoms. The molecule has 0 radical (unpaired) electrons. The van der Waals surface area contributed by atoms with E-state index in [2.05, 4.69) is 22.9 Å². The van der Waals surface area contributed by atoms with Crippen molar-refractivity contribution in [2.45, 2.75) is 6.18 Å².